The van der Waals surface area contributed by atoms with Crippen LogP contribution in [0.25, 0.3) is 0 Å². The maximum Gasteiger partial charge on any atom is 0.187 e. The molecule has 42 nitrogen and oxygen atoms in total. The minimum atomic E-state index is -1.41. The Labute approximate surface area is 555 Å². The highest BCUT2D eigenvalue weighted by molar-refractivity contribution is 5.76. The quantitative estimate of drug-likeness (QED) is 0.0315. The van der Waals surface area contributed by atoms with Crippen LogP contribution in [0.4, 0.5) is 0 Å². The molecule has 0 aromatic rings. The standard InChI is InChI=1S/C54H102N18O24/c1-73-31-25-19(13-67-49(55)56)85-43(37(31)79-7)92-26-20(14-68-50(57)58)87-45(39(81-9)32(26)74-2)94-28-22(16-70-52(61)62)89-47(41(83-11)34(28)76-4)96-30-24(18-72-54(65)66)90-48(42(84-12)36(30)78-6)95-29-23(17-71-53(63)64)88-46(40(82-10)35(29)77-5)93-27-21(15-69-51(59)60)86-44(91-25)38(80-8)33(27)75-3/h19-48H,13-18H2,1-12H3,(H4,55,56,67)(H4,57,58,68)(H4,59,60,69)(H4,61,62,70)(H4,63,64,71)(H4,65,66,72)/t19-,20-,21-,22-,23-,24-,25-,26-,27-,28-,29-,30-,31+,32+,33+,34+,35+,36+,37-,38-,39-,40-,41-,42-,43-,44-,45-,46-,47-,48-/m1/s1. The molecule has 22 aliphatic heterocycles. The fourth-order valence-corrected chi connectivity index (χ4v) is 13.1. The van der Waals surface area contributed by atoms with E-state index in [2.05, 4.69) is 30.9 Å². The molecule has 0 aliphatic carbocycles. The van der Waals surface area contributed by atoms with Gasteiger partial charge in [0.15, 0.2) is 73.5 Å². The van der Waals surface area contributed by atoms with Crippen molar-refractivity contribution in [1.82, 2.24) is 16.0 Å². The van der Waals surface area contributed by atoms with Crippen LogP contribution in [-0.4, -0.2) is 345 Å². The molecule has 0 aromatic carbocycles. The predicted octanol–water partition coefficient (Wildman–Crippen LogP) is -8.89. The van der Waals surface area contributed by atoms with Crippen LogP contribution in [-0.2, 0) is 114 Å². The van der Waals surface area contributed by atoms with Gasteiger partial charge < -0.3 is 181 Å². The SMILES string of the molecule is CO[C@@H]1[C@@H](OC)[C@H]2O[C@H]3[C@H](OC)[C@@H](OC)[C@@H](O[C@H]4[C@H](OC)[C@@H](OC)[C@@H](O[C@H]5[C@H](OC)[C@@H](OC)[C@@H](O[C@H]6[C@H](OC)[C@@H](OC)[C@@H](O[C@H]7[C@H](OC)[C@@H](OC)[C@@H](O[C@@H]1[C@@H](CN=C(N)N)O2)O[C@@H]7CNC(=N)N)O[C@@H]6CN=C(N)N)O[C@@H]5CNC(=N)N)O[C@@H]4CN=C(N)N)O[C@@H]3CNC(=N)N. The molecule has 24 N–H and O–H groups in total. The van der Waals surface area contributed by atoms with Crippen molar-refractivity contribution in [2.45, 2.75) is 184 Å². The summed E-state index contributed by atoms with van der Waals surface area (Å²) in [4.78, 5) is 13.0. The third kappa shape index (κ3) is 18.4. The van der Waals surface area contributed by atoms with Gasteiger partial charge >= 0.3 is 0 Å². The van der Waals surface area contributed by atoms with Crippen molar-refractivity contribution in [3.05, 3.63) is 0 Å². The molecular formula is C54H102N18O24. The first-order valence-electron chi connectivity index (χ1n) is 30.6. The van der Waals surface area contributed by atoms with Gasteiger partial charge in [0.1, 0.15) is 146 Å². The monoisotopic (exact) mass is 1390 g/mol. The summed E-state index contributed by atoms with van der Waals surface area (Å²) in [6.45, 7) is -1.41. The Morgan fingerprint density at radius 1 is 0.260 bits per heavy atom. The number of aliphatic imine (C=N–C) groups is 3. The molecule has 12 bridgehead atoms. The van der Waals surface area contributed by atoms with E-state index in [0.717, 1.165) is 0 Å². The van der Waals surface area contributed by atoms with E-state index in [0.29, 0.717) is 0 Å². The van der Waals surface area contributed by atoms with Gasteiger partial charge in [-0.05, 0) is 0 Å². The second-order valence-corrected chi connectivity index (χ2v) is 22.9. The molecule has 22 fully saturated rings. The molecule has 0 saturated carbocycles. The van der Waals surface area contributed by atoms with Crippen molar-refractivity contribution in [2.24, 2.45) is 66.6 Å². The number of nitrogens with zero attached hydrogens (tertiary/aromatic N) is 3. The zero-order valence-corrected chi connectivity index (χ0v) is 55.9. The van der Waals surface area contributed by atoms with Gasteiger partial charge in [-0.25, -0.2) is 0 Å². The highest BCUT2D eigenvalue weighted by atomic mass is 16.8. The fraction of sp³-hybridized carbons (Fsp3) is 0.889. The van der Waals surface area contributed by atoms with Gasteiger partial charge in [-0.3, -0.25) is 31.2 Å². The van der Waals surface area contributed by atoms with Crippen LogP contribution in [0.5, 0.6) is 0 Å². The Morgan fingerprint density at radius 2 is 0.417 bits per heavy atom. The number of ether oxygens (including phenoxy) is 24. The summed E-state index contributed by atoms with van der Waals surface area (Å²) in [6.07, 6.45) is -36.5. The number of nitrogens with two attached hydrogens (primary N) is 9. The summed E-state index contributed by atoms with van der Waals surface area (Å²) in [5, 5.41) is 33.2. The second kappa shape index (κ2) is 36.7. The Hall–Kier alpha value is -5.34. The number of hydrogen-bond donors (Lipinski definition) is 15. The van der Waals surface area contributed by atoms with Crippen LogP contribution in [0.15, 0.2) is 15.0 Å². The van der Waals surface area contributed by atoms with Crippen LogP contribution >= 0.6 is 0 Å². The maximum absolute atomic E-state index is 8.23. The minimum absolute atomic E-state index is 0.202. The van der Waals surface area contributed by atoms with Crippen molar-refractivity contribution in [2.75, 3.05) is 125 Å². The van der Waals surface area contributed by atoms with Crippen LogP contribution in [0.2, 0.25) is 0 Å². The van der Waals surface area contributed by atoms with Gasteiger partial charge in [0.05, 0.1) is 19.6 Å². The van der Waals surface area contributed by atoms with Crippen LogP contribution in [0.1, 0.15) is 0 Å². The molecule has 22 heterocycles. The molecule has 0 spiro atoms. The molecule has 0 amide bonds. The van der Waals surface area contributed by atoms with Gasteiger partial charge in [0, 0.05) is 105 Å². The zero-order valence-electron chi connectivity index (χ0n) is 55.9. The van der Waals surface area contributed by atoms with Crippen molar-refractivity contribution in [1.29, 1.82) is 16.2 Å². The first kappa shape index (κ1) is 78.0. The van der Waals surface area contributed by atoms with E-state index in [4.69, 9.17) is 182 Å². The summed E-state index contributed by atoms with van der Waals surface area (Å²) >= 11 is 0. The Bertz CT molecular complexity index is 2260. The number of nitrogens with one attached hydrogen (secondary N) is 6. The molecule has 22 saturated heterocycles. The average Bonchev–Trinajstić information content (AvgIpc) is 0.768. The van der Waals surface area contributed by atoms with E-state index in [9.17, 15) is 0 Å². The van der Waals surface area contributed by atoms with Crippen molar-refractivity contribution in [3.63, 3.8) is 0 Å². The lowest BCUT2D eigenvalue weighted by Crippen LogP contribution is -2.70. The first-order valence-corrected chi connectivity index (χ1v) is 30.6. The molecule has 30 atom stereocenters. The van der Waals surface area contributed by atoms with E-state index < -0.39 is 202 Å². The highest BCUT2D eigenvalue weighted by Gasteiger charge is 2.61. The summed E-state index contributed by atoms with van der Waals surface area (Å²) in [5.74, 6) is -2.18. The third-order valence-corrected chi connectivity index (χ3v) is 17.4. The van der Waals surface area contributed by atoms with Gasteiger partial charge in [-0.1, -0.05) is 0 Å². The normalized spacial score (nSPS) is 41.2. The predicted molar refractivity (Wildman–Crippen MR) is 333 cm³/mol. The minimum Gasteiger partial charge on any atom is -0.376 e. The molecular weight excluding hydrogens is 1280 g/mol. The molecule has 22 aliphatic rings. The van der Waals surface area contributed by atoms with Crippen molar-refractivity contribution < 1.29 is 114 Å². The molecule has 22 rings (SSSR count). The van der Waals surface area contributed by atoms with E-state index in [1.807, 2.05) is 0 Å². The fourth-order valence-electron chi connectivity index (χ4n) is 13.1. The molecule has 42 heteroatoms. The number of hydrogen-bond acceptors (Lipinski definition) is 30. The van der Waals surface area contributed by atoms with Crippen molar-refractivity contribution in [3.8, 4) is 0 Å². The van der Waals surface area contributed by atoms with Gasteiger partial charge in [-0.15, -0.1) is 0 Å². The molecule has 0 unspecified atom stereocenters. The maximum atomic E-state index is 8.23. The Balaban J connectivity index is 1.43. The van der Waals surface area contributed by atoms with Gasteiger partial charge in [0.2, 0.25) is 0 Å². The summed E-state index contributed by atoms with van der Waals surface area (Å²) in [5.41, 5.74) is 53.7. The van der Waals surface area contributed by atoms with Crippen LogP contribution in [0, 0.1) is 16.2 Å². The van der Waals surface area contributed by atoms with E-state index in [1.54, 1.807) is 0 Å². The topological polar surface area (TPSA) is 600 Å². The third-order valence-electron chi connectivity index (χ3n) is 17.4. The van der Waals surface area contributed by atoms with E-state index in [-0.39, 0.29) is 57.1 Å². The number of methoxy groups -OCH3 is 12. The van der Waals surface area contributed by atoms with Crippen LogP contribution < -0.4 is 67.6 Å². The Kier molecular flexibility index (Phi) is 29.8. The van der Waals surface area contributed by atoms with Gasteiger partial charge in [0.25, 0.3) is 0 Å². The summed E-state index contributed by atoms with van der Waals surface area (Å²) in [7, 11) is 16.9. The number of rotatable bonds is 24. The largest absolute Gasteiger partial charge is 0.376 e. The molecule has 0 radical (unpaired) electrons. The lowest BCUT2D eigenvalue weighted by Gasteiger charge is -2.53. The molecule has 0 aromatic heterocycles. The highest BCUT2D eigenvalue weighted by Crippen LogP contribution is 2.42. The number of guanidine groups is 6. The lowest BCUT2D eigenvalue weighted by molar-refractivity contribution is -0.404. The summed E-state index contributed by atoms with van der Waals surface area (Å²) < 4.78 is 158. The van der Waals surface area contributed by atoms with Crippen molar-refractivity contribution >= 4 is 35.8 Å². The van der Waals surface area contributed by atoms with Crippen LogP contribution in [0.3, 0.4) is 0 Å². The van der Waals surface area contributed by atoms with E-state index in [1.165, 1.54) is 85.3 Å². The average molecular weight is 1390 g/mol. The van der Waals surface area contributed by atoms with Gasteiger partial charge in [-0.2, -0.15) is 0 Å². The zero-order chi connectivity index (χ0) is 70.2. The first-order chi connectivity index (χ1) is 46.0. The molecule has 96 heavy (non-hydrogen) atoms. The molecule has 552 valence electrons. The second-order valence-electron chi connectivity index (χ2n) is 22.9. The lowest BCUT2D eigenvalue weighted by atomic mass is 9.93. The Morgan fingerprint density at radius 3 is 0.562 bits per heavy atom. The summed E-state index contributed by atoms with van der Waals surface area (Å²) in [6, 6.07) is 0. The van der Waals surface area contributed by atoms with E-state index >= 15 is 0 Å². The smallest absolute Gasteiger partial charge is 0.187 e.